The molecule has 140 valence electrons. The standard InChI is InChI=1S/C19H32N4OS/c1-15(20-19(24)21-16-7-4-3-5-8-16)18(17-9-6-14-25-17)23-12-10-22(2)11-13-23/h6,9,14-16,18H,3-5,7-8,10-13H2,1-2H3,(H2,20,21,24)/t15-,18-/m1/s1. The van der Waals surface area contributed by atoms with Gasteiger partial charge in [-0.2, -0.15) is 0 Å². The molecule has 1 aliphatic carbocycles. The van der Waals surface area contributed by atoms with Crippen molar-refractivity contribution in [1.82, 2.24) is 20.4 Å². The highest BCUT2D eigenvalue weighted by Crippen LogP contribution is 2.29. The van der Waals surface area contributed by atoms with Crippen molar-refractivity contribution in [2.45, 2.75) is 57.2 Å². The maximum Gasteiger partial charge on any atom is 0.315 e. The summed E-state index contributed by atoms with van der Waals surface area (Å²) in [6.07, 6.45) is 6.02. The van der Waals surface area contributed by atoms with Crippen LogP contribution >= 0.6 is 11.3 Å². The van der Waals surface area contributed by atoms with Gasteiger partial charge in [0.2, 0.25) is 0 Å². The predicted molar refractivity (Wildman–Crippen MR) is 104 cm³/mol. The molecule has 2 heterocycles. The summed E-state index contributed by atoms with van der Waals surface area (Å²) < 4.78 is 0. The molecule has 0 spiro atoms. The summed E-state index contributed by atoms with van der Waals surface area (Å²) in [4.78, 5) is 18.7. The number of nitrogens with one attached hydrogen (secondary N) is 2. The SMILES string of the molecule is C[C@@H](NC(=O)NC1CCCCC1)[C@H](c1cccs1)N1CCN(C)CC1. The third kappa shape index (κ3) is 5.19. The fourth-order valence-electron chi connectivity index (χ4n) is 4.06. The fraction of sp³-hybridized carbons (Fsp3) is 0.737. The van der Waals surface area contributed by atoms with Gasteiger partial charge < -0.3 is 15.5 Å². The van der Waals surface area contributed by atoms with Gasteiger partial charge in [-0.05, 0) is 38.3 Å². The molecule has 1 aliphatic heterocycles. The maximum absolute atomic E-state index is 12.5. The number of piperazine rings is 1. The van der Waals surface area contributed by atoms with E-state index in [0.717, 1.165) is 39.0 Å². The Balaban J connectivity index is 1.60. The first-order valence-electron chi connectivity index (χ1n) is 9.66. The van der Waals surface area contributed by atoms with Crippen molar-refractivity contribution < 1.29 is 4.79 Å². The lowest BCUT2D eigenvalue weighted by atomic mass is 9.96. The van der Waals surface area contributed by atoms with Crippen molar-refractivity contribution in [3.8, 4) is 0 Å². The highest BCUT2D eigenvalue weighted by Gasteiger charge is 2.30. The lowest BCUT2D eigenvalue weighted by Crippen LogP contribution is -2.53. The molecule has 1 aromatic heterocycles. The van der Waals surface area contributed by atoms with Gasteiger partial charge >= 0.3 is 6.03 Å². The Morgan fingerprint density at radius 2 is 1.92 bits per heavy atom. The van der Waals surface area contributed by atoms with Crippen LogP contribution in [0.2, 0.25) is 0 Å². The molecule has 5 nitrogen and oxygen atoms in total. The predicted octanol–water partition coefficient (Wildman–Crippen LogP) is 3.06. The summed E-state index contributed by atoms with van der Waals surface area (Å²) in [5.74, 6) is 0. The first kappa shape index (κ1) is 18.7. The van der Waals surface area contributed by atoms with E-state index >= 15 is 0 Å². The summed E-state index contributed by atoms with van der Waals surface area (Å²) in [6.45, 7) is 6.42. The van der Waals surface area contributed by atoms with Crippen LogP contribution in [0.4, 0.5) is 4.79 Å². The highest BCUT2D eigenvalue weighted by molar-refractivity contribution is 7.10. The van der Waals surface area contributed by atoms with Crippen molar-refractivity contribution in [3.05, 3.63) is 22.4 Å². The lowest BCUT2D eigenvalue weighted by molar-refractivity contribution is 0.0963. The second-order valence-corrected chi connectivity index (χ2v) is 8.52. The Kier molecular flexibility index (Phi) is 6.73. The van der Waals surface area contributed by atoms with Gasteiger partial charge in [0.1, 0.15) is 0 Å². The third-order valence-electron chi connectivity index (χ3n) is 5.54. The van der Waals surface area contributed by atoms with Gasteiger partial charge in [0.15, 0.2) is 0 Å². The second-order valence-electron chi connectivity index (χ2n) is 7.54. The molecule has 1 aromatic rings. The molecule has 2 N–H and O–H groups in total. The van der Waals surface area contributed by atoms with E-state index in [1.165, 1.54) is 24.1 Å². The van der Waals surface area contributed by atoms with Gasteiger partial charge in [-0.15, -0.1) is 11.3 Å². The number of rotatable bonds is 5. The van der Waals surface area contributed by atoms with Gasteiger partial charge in [-0.1, -0.05) is 25.3 Å². The van der Waals surface area contributed by atoms with Crippen LogP contribution in [0.3, 0.4) is 0 Å². The summed E-state index contributed by atoms with van der Waals surface area (Å²) in [5.41, 5.74) is 0. The van der Waals surface area contributed by atoms with Crippen LogP contribution in [0, 0.1) is 0 Å². The van der Waals surface area contributed by atoms with Crippen LogP contribution in [0.15, 0.2) is 17.5 Å². The number of urea groups is 1. The molecule has 0 unspecified atom stereocenters. The third-order valence-corrected chi connectivity index (χ3v) is 6.48. The average molecular weight is 365 g/mol. The summed E-state index contributed by atoms with van der Waals surface area (Å²) >= 11 is 1.79. The molecule has 0 aromatic carbocycles. The number of hydrogen-bond donors (Lipinski definition) is 2. The molecule has 2 atom stereocenters. The van der Waals surface area contributed by atoms with Crippen LogP contribution < -0.4 is 10.6 Å². The topological polar surface area (TPSA) is 47.6 Å². The van der Waals surface area contributed by atoms with E-state index in [0.29, 0.717) is 6.04 Å². The largest absolute Gasteiger partial charge is 0.335 e. The van der Waals surface area contributed by atoms with Crippen LogP contribution in [-0.4, -0.2) is 61.1 Å². The summed E-state index contributed by atoms with van der Waals surface area (Å²) in [5, 5.41) is 8.54. The summed E-state index contributed by atoms with van der Waals surface area (Å²) in [7, 11) is 2.18. The number of thiophene rings is 1. The van der Waals surface area contributed by atoms with Crippen molar-refractivity contribution in [1.29, 1.82) is 0 Å². The zero-order valence-corrected chi connectivity index (χ0v) is 16.4. The minimum absolute atomic E-state index is 0.00455. The first-order valence-corrected chi connectivity index (χ1v) is 10.5. The fourth-order valence-corrected chi connectivity index (χ4v) is 5.03. The smallest absolute Gasteiger partial charge is 0.315 e. The van der Waals surface area contributed by atoms with E-state index in [1.807, 2.05) is 0 Å². The van der Waals surface area contributed by atoms with Gasteiger partial charge in [-0.25, -0.2) is 4.79 Å². The Morgan fingerprint density at radius 1 is 1.20 bits per heavy atom. The zero-order chi connectivity index (χ0) is 17.6. The summed E-state index contributed by atoms with van der Waals surface area (Å²) in [6, 6.07) is 5.00. The Labute approximate surface area is 155 Å². The minimum Gasteiger partial charge on any atom is -0.335 e. The molecule has 1 saturated heterocycles. The molecular formula is C19H32N4OS. The number of carbonyl (C=O) groups excluding carboxylic acids is 1. The van der Waals surface area contributed by atoms with E-state index in [2.05, 4.69) is 51.9 Å². The zero-order valence-electron chi connectivity index (χ0n) is 15.5. The first-order chi connectivity index (χ1) is 12.1. The van der Waals surface area contributed by atoms with Crippen LogP contribution in [0.1, 0.15) is 49.9 Å². The van der Waals surface area contributed by atoms with E-state index in [4.69, 9.17) is 0 Å². The van der Waals surface area contributed by atoms with E-state index in [-0.39, 0.29) is 18.1 Å². The molecule has 2 fully saturated rings. The van der Waals surface area contributed by atoms with Crippen molar-refractivity contribution >= 4 is 17.4 Å². The number of amides is 2. The monoisotopic (exact) mass is 364 g/mol. The van der Waals surface area contributed by atoms with Gasteiger partial charge in [0.05, 0.1) is 6.04 Å². The van der Waals surface area contributed by atoms with Crippen LogP contribution in [0.5, 0.6) is 0 Å². The highest BCUT2D eigenvalue weighted by atomic mass is 32.1. The van der Waals surface area contributed by atoms with E-state index in [9.17, 15) is 4.79 Å². The molecule has 2 amide bonds. The Hall–Kier alpha value is -1.11. The number of hydrogen-bond acceptors (Lipinski definition) is 4. The van der Waals surface area contributed by atoms with Gasteiger partial charge in [0, 0.05) is 43.1 Å². The number of likely N-dealkylation sites (N-methyl/N-ethyl adjacent to an activating group) is 1. The lowest BCUT2D eigenvalue weighted by Gasteiger charge is -2.40. The quantitative estimate of drug-likeness (QED) is 0.844. The van der Waals surface area contributed by atoms with Crippen molar-refractivity contribution in [2.75, 3.05) is 33.2 Å². The normalized spacial score (nSPS) is 23.1. The molecule has 3 rings (SSSR count). The maximum atomic E-state index is 12.5. The van der Waals surface area contributed by atoms with Crippen molar-refractivity contribution in [2.24, 2.45) is 0 Å². The van der Waals surface area contributed by atoms with Crippen molar-refractivity contribution in [3.63, 3.8) is 0 Å². The van der Waals surface area contributed by atoms with Gasteiger partial charge in [-0.3, -0.25) is 4.90 Å². The molecule has 25 heavy (non-hydrogen) atoms. The molecule has 1 saturated carbocycles. The molecular weight excluding hydrogens is 332 g/mol. The Morgan fingerprint density at radius 3 is 2.56 bits per heavy atom. The number of nitrogens with zero attached hydrogens (tertiary/aromatic N) is 2. The Bertz CT molecular complexity index is 522. The van der Waals surface area contributed by atoms with Crippen LogP contribution in [-0.2, 0) is 0 Å². The molecule has 6 heteroatoms. The minimum atomic E-state index is -0.00455. The average Bonchev–Trinajstić information content (AvgIpc) is 3.11. The van der Waals surface area contributed by atoms with E-state index in [1.54, 1.807) is 11.3 Å². The number of carbonyl (C=O) groups is 1. The van der Waals surface area contributed by atoms with Crippen LogP contribution in [0.25, 0.3) is 0 Å². The van der Waals surface area contributed by atoms with E-state index < -0.39 is 0 Å². The second kappa shape index (κ2) is 9.01. The molecule has 0 radical (unpaired) electrons. The molecule has 2 aliphatic rings. The molecule has 0 bridgehead atoms. The van der Waals surface area contributed by atoms with Gasteiger partial charge in [0.25, 0.3) is 0 Å².